The van der Waals surface area contributed by atoms with Gasteiger partial charge in [0.25, 0.3) is 15.9 Å². The van der Waals surface area contributed by atoms with Crippen molar-refractivity contribution in [2.75, 3.05) is 6.61 Å². The highest BCUT2D eigenvalue weighted by Gasteiger charge is 2.19. The van der Waals surface area contributed by atoms with Crippen LogP contribution >= 0.6 is 0 Å². The molecule has 0 bridgehead atoms. The zero-order valence-electron chi connectivity index (χ0n) is 12.0. The van der Waals surface area contributed by atoms with E-state index in [-0.39, 0.29) is 10.5 Å². The largest absolute Gasteiger partial charge is 0.494 e. The first-order chi connectivity index (χ1) is 10.8. The molecule has 2 aromatic carbocycles. The van der Waals surface area contributed by atoms with E-state index in [4.69, 9.17) is 4.74 Å². The van der Waals surface area contributed by atoms with Crippen LogP contribution in [-0.4, -0.2) is 20.9 Å². The van der Waals surface area contributed by atoms with E-state index in [9.17, 15) is 22.0 Å². The maximum Gasteiger partial charge on any atom is 0.265 e. The van der Waals surface area contributed by atoms with E-state index in [2.05, 4.69) is 0 Å². The fourth-order valence-electron chi connectivity index (χ4n) is 1.76. The van der Waals surface area contributed by atoms with Crippen LogP contribution in [0.2, 0.25) is 0 Å². The molecule has 0 atom stereocenters. The van der Waals surface area contributed by atoms with Crippen LogP contribution in [0.4, 0.5) is 8.78 Å². The maximum atomic E-state index is 13.1. The summed E-state index contributed by atoms with van der Waals surface area (Å²) in [5, 5.41) is 0. The highest BCUT2D eigenvalue weighted by atomic mass is 32.2. The average Bonchev–Trinajstić information content (AvgIpc) is 2.50. The van der Waals surface area contributed by atoms with Crippen LogP contribution in [0.1, 0.15) is 17.3 Å². The second-order valence-corrected chi connectivity index (χ2v) is 6.15. The second-order valence-electron chi connectivity index (χ2n) is 4.47. The van der Waals surface area contributed by atoms with Crippen molar-refractivity contribution in [1.82, 2.24) is 4.72 Å². The highest BCUT2D eigenvalue weighted by Crippen LogP contribution is 2.16. The number of sulfonamides is 1. The summed E-state index contributed by atoms with van der Waals surface area (Å²) in [5.74, 6) is -2.94. The number of amides is 1. The summed E-state index contributed by atoms with van der Waals surface area (Å²) in [5.41, 5.74) is -0.307. The molecule has 1 amide bonds. The Labute approximate surface area is 132 Å². The first kappa shape index (κ1) is 16.9. The van der Waals surface area contributed by atoms with Gasteiger partial charge >= 0.3 is 0 Å². The van der Waals surface area contributed by atoms with Crippen molar-refractivity contribution >= 4 is 15.9 Å². The molecule has 5 nitrogen and oxygen atoms in total. The molecule has 8 heteroatoms. The standard InChI is InChI=1S/C15H13F2NO4S/c1-2-22-11-4-6-12(7-5-11)23(20,21)18-15(19)10-3-8-13(16)14(17)9-10/h3-9H,2H2,1H3,(H,18,19). The minimum absolute atomic E-state index is 0.156. The molecule has 0 spiro atoms. The Morgan fingerprint density at radius 3 is 2.30 bits per heavy atom. The van der Waals surface area contributed by atoms with E-state index < -0.39 is 27.6 Å². The number of hydrogen-bond acceptors (Lipinski definition) is 4. The Kier molecular flexibility index (Phi) is 4.95. The number of nitrogens with one attached hydrogen (secondary N) is 1. The fraction of sp³-hybridized carbons (Fsp3) is 0.133. The molecule has 0 radical (unpaired) electrons. The van der Waals surface area contributed by atoms with Crippen molar-refractivity contribution in [3.05, 3.63) is 59.7 Å². The molecule has 0 fully saturated rings. The van der Waals surface area contributed by atoms with E-state index in [1.807, 2.05) is 0 Å². The van der Waals surface area contributed by atoms with Crippen LogP contribution in [0.25, 0.3) is 0 Å². The average molecular weight is 341 g/mol. The monoisotopic (exact) mass is 341 g/mol. The molecule has 23 heavy (non-hydrogen) atoms. The van der Waals surface area contributed by atoms with Gasteiger partial charge in [0.05, 0.1) is 11.5 Å². The van der Waals surface area contributed by atoms with E-state index in [0.29, 0.717) is 18.4 Å². The zero-order valence-corrected chi connectivity index (χ0v) is 12.9. The van der Waals surface area contributed by atoms with Gasteiger partial charge in [0.1, 0.15) is 5.75 Å². The van der Waals surface area contributed by atoms with Crippen LogP contribution in [0.15, 0.2) is 47.4 Å². The van der Waals surface area contributed by atoms with Crippen molar-refractivity contribution in [1.29, 1.82) is 0 Å². The molecular weight excluding hydrogens is 328 g/mol. The van der Waals surface area contributed by atoms with Gasteiger partial charge in [-0.3, -0.25) is 4.79 Å². The number of hydrogen-bond donors (Lipinski definition) is 1. The number of ether oxygens (including phenoxy) is 1. The summed E-state index contributed by atoms with van der Waals surface area (Å²) in [7, 11) is -4.13. The Bertz CT molecular complexity index is 820. The number of rotatable bonds is 5. The van der Waals surface area contributed by atoms with E-state index in [1.165, 1.54) is 24.3 Å². The normalized spacial score (nSPS) is 11.1. The van der Waals surface area contributed by atoms with Crippen LogP contribution < -0.4 is 9.46 Å². The lowest BCUT2D eigenvalue weighted by atomic mass is 10.2. The molecule has 0 saturated carbocycles. The van der Waals surface area contributed by atoms with E-state index >= 15 is 0 Å². The van der Waals surface area contributed by atoms with Crippen molar-refractivity contribution in [2.45, 2.75) is 11.8 Å². The Morgan fingerprint density at radius 2 is 1.74 bits per heavy atom. The highest BCUT2D eigenvalue weighted by molar-refractivity contribution is 7.90. The third-order valence-corrected chi connectivity index (χ3v) is 4.20. The lowest BCUT2D eigenvalue weighted by molar-refractivity contribution is 0.0981. The van der Waals surface area contributed by atoms with Crippen LogP contribution in [0.3, 0.4) is 0 Å². The number of benzene rings is 2. The predicted octanol–water partition coefficient (Wildman–Crippen LogP) is 2.48. The molecule has 1 N–H and O–H groups in total. The first-order valence-corrected chi connectivity index (χ1v) is 8.07. The summed E-state index contributed by atoms with van der Waals surface area (Å²) in [6.45, 7) is 2.21. The van der Waals surface area contributed by atoms with Gasteiger partial charge in [-0.1, -0.05) is 0 Å². The Hall–Kier alpha value is -2.48. The SMILES string of the molecule is CCOc1ccc(S(=O)(=O)NC(=O)c2ccc(F)c(F)c2)cc1. The molecule has 0 saturated heterocycles. The molecule has 0 aromatic heterocycles. The number of halogens is 2. The van der Waals surface area contributed by atoms with E-state index in [1.54, 1.807) is 11.6 Å². The van der Waals surface area contributed by atoms with Crippen LogP contribution in [0, 0.1) is 11.6 Å². The van der Waals surface area contributed by atoms with Gasteiger partial charge in [-0.25, -0.2) is 21.9 Å². The topological polar surface area (TPSA) is 72.5 Å². The van der Waals surface area contributed by atoms with Crippen molar-refractivity contribution in [3.63, 3.8) is 0 Å². The molecular formula is C15H13F2NO4S. The third-order valence-electron chi connectivity index (χ3n) is 2.85. The van der Waals surface area contributed by atoms with E-state index in [0.717, 1.165) is 12.1 Å². The fourth-order valence-corrected chi connectivity index (χ4v) is 2.73. The van der Waals surface area contributed by atoms with Gasteiger partial charge < -0.3 is 4.74 Å². The van der Waals surface area contributed by atoms with Gasteiger partial charge in [0, 0.05) is 5.56 Å². The summed E-state index contributed by atoms with van der Waals surface area (Å²) in [6.07, 6.45) is 0. The second kappa shape index (κ2) is 6.74. The molecule has 2 rings (SSSR count). The third kappa shape index (κ3) is 4.04. The van der Waals surface area contributed by atoms with Gasteiger partial charge in [0.2, 0.25) is 0 Å². The van der Waals surface area contributed by atoms with Gasteiger partial charge in [0.15, 0.2) is 11.6 Å². The minimum Gasteiger partial charge on any atom is -0.494 e. The summed E-state index contributed by atoms with van der Waals surface area (Å²) >= 11 is 0. The lowest BCUT2D eigenvalue weighted by Crippen LogP contribution is -2.30. The molecule has 0 unspecified atom stereocenters. The van der Waals surface area contributed by atoms with Crippen LogP contribution in [0.5, 0.6) is 5.75 Å². The quantitative estimate of drug-likeness (QED) is 0.907. The van der Waals surface area contributed by atoms with Crippen molar-refractivity contribution in [2.24, 2.45) is 0 Å². The predicted molar refractivity (Wildman–Crippen MR) is 78.6 cm³/mol. The maximum absolute atomic E-state index is 13.1. The van der Waals surface area contributed by atoms with Gasteiger partial charge in [-0.15, -0.1) is 0 Å². The molecule has 2 aromatic rings. The van der Waals surface area contributed by atoms with Gasteiger partial charge in [-0.2, -0.15) is 0 Å². The number of carbonyl (C=O) groups excluding carboxylic acids is 1. The molecule has 0 aliphatic rings. The number of carbonyl (C=O) groups is 1. The molecule has 122 valence electrons. The summed E-state index contributed by atoms with van der Waals surface area (Å²) in [4.78, 5) is 11.7. The zero-order chi connectivity index (χ0) is 17.0. The summed E-state index contributed by atoms with van der Waals surface area (Å²) in [6, 6.07) is 7.78. The molecule has 0 aliphatic heterocycles. The Balaban J connectivity index is 2.19. The van der Waals surface area contributed by atoms with Crippen molar-refractivity contribution in [3.8, 4) is 5.75 Å². The Morgan fingerprint density at radius 1 is 1.09 bits per heavy atom. The van der Waals surface area contributed by atoms with Crippen molar-refractivity contribution < 1.29 is 26.7 Å². The molecule has 0 heterocycles. The minimum atomic E-state index is -4.13. The molecule has 0 aliphatic carbocycles. The smallest absolute Gasteiger partial charge is 0.265 e. The van der Waals surface area contributed by atoms with Crippen LogP contribution in [-0.2, 0) is 10.0 Å². The van der Waals surface area contributed by atoms with Gasteiger partial charge in [-0.05, 0) is 49.4 Å². The lowest BCUT2D eigenvalue weighted by Gasteiger charge is -2.08. The summed E-state index contributed by atoms with van der Waals surface area (Å²) < 4.78 is 57.1. The first-order valence-electron chi connectivity index (χ1n) is 6.58.